The molecule has 0 bridgehead atoms. The number of carbonyl (C=O) groups is 1. The number of aliphatic imine (C=N–C) groups is 1. The van der Waals surface area contributed by atoms with E-state index < -0.39 is 0 Å². The zero-order valence-electron chi connectivity index (χ0n) is 17.7. The van der Waals surface area contributed by atoms with Crippen LogP contribution in [0, 0.1) is 6.92 Å². The van der Waals surface area contributed by atoms with Gasteiger partial charge in [-0.25, -0.2) is 9.78 Å². The van der Waals surface area contributed by atoms with Gasteiger partial charge in [0, 0.05) is 13.1 Å². The molecule has 1 aliphatic heterocycles. The van der Waals surface area contributed by atoms with Gasteiger partial charge >= 0.3 is 5.97 Å². The minimum Gasteiger partial charge on any atom is -0.462 e. The lowest BCUT2D eigenvalue weighted by atomic mass is 10.2. The van der Waals surface area contributed by atoms with Gasteiger partial charge in [0.15, 0.2) is 5.96 Å². The Bertz CT molecular complexity index is 639. The predicted octanol–water partition coefficient (Wildman–Crippen LogP) is 3.12. The van der Waals surface area contributed by atoms with Crippen LogP contribution in [0.4, 0.5) is 0 Å². The first-order chi connectivity index (χ1) is 13.5. The van der Waals surface area contributed by atoms with Gasteiger partial charge in [0.1, 0.15) is 9.88 Å². The van der Waals surface area contributed by atoms with E-state index in [0.29, 0.717) is 11.5 Å². The second kappa shape index (κ2) is 12.0. The molecule has 7 nitrogen and oxygen atoms in total. The smallest absolute Gasteiger partial charge is 0.350 e. The summed E-state index contributed by atoms with van der Waals surface area (Å²) in [6.45, 7) is 13.1. The molecule has 8 heteroatoms. The summed E-state index contributed by atoms with van der Waals surface area (Å²) in [6, 6.07) is -0.0390. The van der Waals surface area contributed by atoms with Crippen LogP contribution in [0.2, 0.25) is 0 Å². The van der Waals surface area contributed by atoms with Crippen molar-refractivity contribution in [3.63, 3.8) is 0 Å². The van der Waals surface area contributed by atoms with E-state index in [1.54, 1.807) is 0 Å². The zero-order chi connectivity index (χ0) is 20.4. The van der Waals surface area contributed by atoms with Crippen molar-refractivity contribution in [2.75, 3.05) is 39.3 Å². The lowest BCUT2D eigenvalue weighted by Gasteiger charge is -2.19. The number of carbonyl (C=O) groups excluding carboxylic acids is 1. The van der Waals surface area contributed by atoms with Gasteiger partial charge in [-0.15, -0.1) is 11.3 Å². The first-order valence-electron chi connectivity index (χ1n) is 10.5. The quantitative estimate of drug-likeness (QED) is 0.390. The minimum atomic E-state index is -0.297. The number of ether oxygens (including phenoxy) is 1. The van der Waals surface area contributed by atoms with Crippen LogP contribution in [-0.4, -0.2) is 61.1 Å². The molecule has 1 aromatic heterocycles. The van der Waals surface area contributed by atoms with Crippen LogP contribution in [0.3, 0.4) is 0 Å². The maximum absolute atomic E-state index is 12.0. The van der Waals surface area contributed by atoms with Crippen molar-refractivity contribution in [3.8, 4) is 0 Å². The molecule has 158 valence electrons. The number of aryl methyl sites for hydroxylation is 1. The van der Waals surface area contributed by atoms with Crippen LogP contribution < -0.4 is 10.6 Å². The van der Waals surface area contributed by atoms with E-state index in [2.05, 4.69) is 27.4 Å². The number of guanidine groups is 1. The van der Waals surface area contributed by atoms with Crippen LogP contribution in [0.1, 0.15) is 72.9 Å². The van der Waals surface area contributed by atoms with Gasteiger partial charge in [-0.1, -0.05) is 12.8 Å². The fourth-order valence-corrected chi connectivity index (χ4v) is 4.20. The van der Waals surface area contributed by atoms with E-state index in [0.717, 1.165) is 36.3 Å². The lowest BCUT2D eigenvalue weighted by Crippen LogP contribution is -2.39. The van der Waals surface area contributed by atoms with E-state index in [4.69, 9.17) is 9.73 Å². The normalized spacial score (nSPS) is 17.1. The molecule has 2 rings (SSSR count). The largest absolute Gasteiger partial charge is 0.462 e. The number of nitrogens with one attached hydrogen (secondary N) is 2. The van der Waals surface area contributed by atoms with Crippen molar-refractivity contribution < 1.29 is 9.53 Å². The van der Waals surface area contributed by atoms with Gasteiger partial charge in [-0.3, -0.25) is 4.99 Å². The van der Waals surface area contributed by atoms with Crippen LogP contribution >= 0.6 is 11.3 Å². The van der Waals surface area contributed by atoms with Crippen molar-refractivity contribution in [3.05, 3.63) is 15.6 Å². The fourth-order valence-electron chi connectivity index (χ4n) is 3.24. The van der Waals surface area contributed by atoms with E-state index in [1.165, 1.54) is 50.1 Å². The van der Waals surface area contributed by atoms with Crippen molar-refractivity contribution >= 4 is 23.3 Å². The Morgan fingerprint density at radius 3 is 2.64 bits per heavy atom. The number of esters is 1. The fraction of sp³-hybridized carbons (Fsp3) is 0.750. The third-order valence-corrected chi connectivity index (χ3v) is 6.05. The molecule has 1 atom stereocenters. The van der Waals surface area contributed by atoms with Gasteiger partial charge in [0.25, 0.3) is 0 Å². The highest BCUT2D eigenvalue weighted by Gasteiger charge is 2.20. The molecule has 0 spiro atoms. The highest BCUT2D eigenvalue weighted by Crippen LogP contribution is 2.24. The van der Waals surface area contributed by atoms with E-state index in [1.807, 2.05) is 20.8 Å². The van der Waals surface area contributed by atoms with Crippen LogP contribution in [0.5, 0.6) is 0 Å². The molecule has 0 aromatic carbocycles. The van der Waals surface area contributed by atoms with Crippen molar-refractivity contribution in [1.82, 2.24) is 20.5 Å². The Kier molecular flexibility index (Phi) is 9.70. The second-order valence-electron chi connectivity index (χ2n) is 7.07. The van der Waals surface area contributed by atoms with Crippen molar-refractivity contribution in [2.45, 2.75) is 59.4 Å². The highest BCUT2D eigenvalue weighted by atomic mass is 32.1. The molecule has 1 aromatic rings. The number of hydrogen-bond acceptors (Lipinski definition) is 6. The summed E-state index contributed by atoms with van der Waals surface area (Å²) in [5.41, 5.74) is 0.718. The lowest BCUT2D eigenvalue weighted by molar-refractivity contribution is 0.0531. The standard InChI is InChI=1S/C20H35N5O2S/c1-5-21-20(22-11-14-25-12-9-7-8-10-13-25)24-16(4)18-23-15(3)17(28-18)19(26)27-6-2/h16H,5-14H2,1-4H3,(H2,21,22,24). The maximum atomic E-state index is 12.0. The molecule has 0 saturated carbocycles. The molecule has 0 radical (unpaired) electrons. The maximum Gasteiger partial charge on any atom is 0.350 e. The number of likely N-dealkylation sites (tertiary alicyclic amines) is 1. The number of thiazole rings is 1. The summed E-state index contributed by atoms with van der Waals surface area (Å²) < 4.78 is 5.11. The second-order valence-corrected chi connectivity index (χ2v) is 8.10. The monoisotopic (exact) mass is 409 g/mol. The van der Waals surface area contributed by atoms with Gasteiger partial charge in [0.05, 0.1) is 24.9 Å². The summed E-state index contributed by atoms with van der Waals surface area (Å²) in [5, 5.41) is 7.58. The molecule has 1 saturated heterocycles. The van der Waals surface area contributed by atoms with E-state index in [9.17, 15) is 4.79 Å². The van der Waals surface area contributed by atoms with Crippen LogP contribution in [0.15, 0.2) is 4.99 Å². The van der Waals surface area contributed by atoms with Crippen molar-refractivity contribution in [2.24, 2.45) is 4.99 Å². The molecule has 1 unspecified atom stereocenters. The van der Waals surface area contributed by atoms with E-state index in [-0.39, 0.29) is 12.0 Å². The van der Waals surface area contributed by atoms with Gasteiger partial charge in [-0.2, -0.15) is 0 Å². The zero-order valence-corrected chi connectivity index (χ0v) is 18.5. The molecule has 28 heavy (non-hydrogen) atoms. The molecule has 0 aliphatic carbocycles. The van der Waals surface area contributed by atoms with Crippen LogP contribution in [0.25, 0.3) is 0 Å². The Morgan fingerprint density at radius 2 is 2.00 bits per heavy atom. The number of nitrogens with zero attached hydrogens (tertiary/aromatic N) is 3. The Hall–Kier alpha value is -1.67. The molecule has 2 N–H and O–H groups in total. The summed E-state index contributed by atoms with van der Waals surface area (Å²) in [7, 11) is 0. The first-order valence-corrected chi connectivity index (χ1v) is 11.3. The molecule has 2 heterocycles. The van der Waals surface area contributed by atoms with E-state index >= 15 is 0 Å². The van der Waals surface area contributed by atoms with Gasteiger partial charge in [-0.05, 0) is 53.6 Å². The Labute approximate surface area is 173 Å². The van der Waals surface area contributed by atoms with Crippen LogP contribution in [-0.2, 0) is 4.74 Å². The first kappa shape index (κ1) is 22.6. The highest BCUT2D eigenvalue weighted by molar-refractivity contribution is 7.13. The average molecular weight is 410 g/mol. The summed E-state index contributed by atoms with van der Waals surface area (Å²) in [5.74, 6) is 0.490. The van der Waals surface area contributed by atoms with Crippen molar-refractivity contribution in [1.29, 1.82) is 0 Å². The number of aromatic nitrogens is 1. The molecule has 0 amide bonds. The molecule has 1 fully saturated rings. The molecule has 1 aliphatic rings. The van der Waals surface area contributed by atoms with Gasteiger partial charge in [0.2, 0.25) is 0 Å². The Balaban J connectivity index is 1.94. The summed E-state index contributed by atoms with van der Waals surface area (Å²) in [6.07, 6.45) is 5.29. The number of hydrogen-bond donors (Lipinski definition) is 2. The summed E-state index contributed by atoms with van der Waals surface area (Å²) >= 11 is 1.39. The number of rotatable bonds is 8. The minimum absolute atomic E-state index is 0.0390. The Morgan fingerprint density at radius 1 is 1.29 bits per heavy atom. The average Bonchev–Trinajstić information content (AvgIpc) is 2.87. The topological polar surface area (TPSA) is 78.9 Å². The third kappa shape index (κ3) is 7.05. The summed E-state index contributed by atoms with van der Waals surface area (Å²) in [4.78, 5) is 24.4. The SMILES string of the molecule is CCNC(=NCCN1CCCCCC1)NC(C)c1nc(C)c(C(=O)OCC)s1. The molecular formula is C20H35N5O2S. The van der Waals surface area contributed by atoms with Gasteiger partial charge < -0.3 is 20.3 Å². The third-order valence-electron chi connectivity index (χ3n) is 4.73. The predicted molar refractivity (Wildman–Crippen MR) is 115 cm³/mol. The molecular weight excluding hydrogens is 374 g/mol.